The molecule has 1 N–H and O–H groups in total. The monoisotopic (exact) mass is 343 g/mol. The van der Waals surface area contributed by atoms with Gasteiger partial charge in [0.1, 0.15) is 0 Å². The van der Waals surface area contributed by atoms with E-state index in [0.717, 1.165) is 69.3 Å². The minimum atomic E-state index is -0.0143. The van der Waals surface area contributed by atoms with E-state index >= 15 is 0 Å². The van der Waals surface area contributed by atoms with Gasteiger partial charge in [-0.3, -0.25) is 4.79 Å². The molecule has 3 aliphatic rings. The van der Waals surface area contributed by atoms with E-state index in [1.165, 1.54) is 0 Å². The first kappa shape index (κ1) is 16.8. The molecule has 0 saturated carbocycles. The molecule has 1 spiro atoms. The quantitative estimate of drug-likeness (QED) is 0.902. The first-order valence-corrected chi connectivity index (χ1v) is 9.62. The summed E-state index contributed by atoms with van der Waals surface area (Å²) in [6, 6.07) is 2.01. The lowest BCUT2D eigenvalue weighted by Gasteiger charge is -2.42. The van der Waals surface area contributed by atoms with Crippen LogP contribution in [0.3, 0.4) is 0 Å². The van der Waals surface area contributed by atoms with Gasteiger partial charge in [0.05, 0.1) is 5.92 Å². The van der Waals surface area contributed by atoms with Crippen molar-refractivity contribution < 1.29 is 4.79 Å². The molecule has 0 unspecified atom stereocenters. The van der Waals surface area contributed by atoms with Gasteiger partial charge in [0.15, 0.2) is 0 Å². The minimum Gasteiger partial charge on any atom is -0.350 e. The Kier molecular flexibility index (Phi) is 4.18. The van der Waals surface area contributed by atoms with E-state index in [0.29, 0.717) is 5.92 Å². The maximum atomic E-state index is 12.5. The fourth-order valence-electron chi connectivity index (χ4n) is 5.09. The molecule has 3 fully saturated rings. The molecule has 3 aliphatic heterocycles. The molecule has 1 aromatic rings. The molecule has 0 aliphatic carbocycles. The molecule has 6 nitrogen and oxygen atoms in total. The highest BCUT2D eigenvalue weighted by Crippen LogP contribution is 2.44. The van der Waals surface area contributed by atoms with E-state index in [4.69, 9.17) is 0 Å². The van der Waals surface area contributed by atoms with E-state index < -0.39 is 0 Å². The van der Waals surface area contributed by atoms with Gasteiger partial charge < -0.3 is 15.1 Å². The number of aryl methyl sites for hydroxylation is 2. The average Bonchev–Trinajstić information content (AvgIpc) is 3.08. The first-order chi connectivity index (χ1) is 12.0. The lowest BCUT2D eigenvalue weighted by atomic mass is 9.75. The number of hydrogen-bond acceptors (Lipinski definition) is 5. The molecule has 0 aromatic carbocycles. The summed E-state index contributed by atoms with van der Waals surface area (Å²) in [4.78, 5) is 26.5. The summed E-state index contributed by atoms with van der Waals surface area (Å²) < 4.78 is 0. The Labute approximate surface area is 150 Å². The number of hydrogen-bond donors (Lipinski definition) is 1. The summed E-state index contributed by atoms with van der Waals surface area (Å²) in [5, 5.41) is 3.40. The standard InChI is InChI=1S/C19H29N5O/c1-4-7-23-11-15-16(12-23)19(22-17(15)25)5-8-24(9-6-19)18-20-13(2)10-14(3)21-18/h10,15-16H,4-9,11-12H2,1-3H3,(H,22,25)/t15-,16-/m1/s1. The minimum absolute atomic E-state index is 0.0143. The number of anilines is 1. The summed E-state index contributed by atoms with van der Waals surface area (Å²) >= 11 is 0. The van der Waals surface area contributed by atoms with Crippen molar-refractivity contribution in [3.63, 3.8) is 0 Å². The maximum Gasteiger partial charge on any atom is 0.225 e. The number of rotatable bonds is 3. The van der Waals surface area contributed by atoms with Crippen molar-refractivity contribution in [2.75, 3.05) is 37.6 Å². The average molecular weight is 343 g/mol. The van der Waals surface area contributed by atoms with Crippen molar-refractivity contribution in [2.24, 2.45) is 11.8 Å². The van der Waals surface area contributed by atoms with Crippen LogP contribution in [0.4, 0.5) is 5.95 Å². The van der Waals surface area contributed by atoms with Gasteiger partial charge in [-0.25, -0.2) is 9.97 Å². The second-order valence-corrected chi connectivity index (χ2v) is 8.06. The molecule has 2 atom stereocenters. The molecular weight excluding hydrogens is 314 g/mol. The molecule has 0 bridgehead atoms. The highest BCUT2D eigenvalue weighted by Gasteiger charge is 2.57. The Bertz CT molecular complexity index is 648. The number of fused-ring (bicyclic) bond motifs is 2. The predicted molar refractivity (Wildman–Crippen MR) is 97.5 cm³/mol. The molecule has 4 heterocycles. The van der Waals surface area contributed by atoms with Gasteiger partial charge in [-0.1, -0.05) is 6.92 Å². The van der Waals surface area contributed by atoms with Gasteiger partial charge in [-0.15, -0.1) is 0 Å². The van der Waals surface area contributed by atoms with E-state index in [1.54, 1.807) is 0 Å². The number of aromatic nitrogens is 2. The first-order valence-electron chi connectivity index (χ1n) is 9.62. The number of amides is 1. The van der Waals surface area contributed by atoms with Gasteiger partial charge in [0.25, 0.3) is 0 Å². The van der Waals surface area contributed by atoms with Crippen LogP contribution in [-0.4, -0.2) is 59.0 Å². The molecule has 6 heteroatoms. The Morgan fingerprint density at radius 2 is 1.88 bits per heavy atom. The largest absolute Gasteiger partial charge is 0.350 e. The summed E-state index contributed by atoms with van der Waals surface area (Å²) in [6.07, 6.45) is 3.15. The predicted octanol–water partition coefficient (Wildman–Crippen LogP) is 1.52. The third-order valence-corrected chi connectivity index (χ3v) is 6.26. The van der Waals surface area contributed by atoms with Crippen molar-refractivity contribution in [1.29, 1.82) is 0 Å². The SMILES string of the molecule is CCCN1C[C@@H]2[C@@H](C1)C(=O)NC21CCN(c2nc(C)cc(C)n2)CC1. The zero-order valence-electron chi connectivity index (χ0n) is 15.6. The van der Waals surface area contributed by atoms with E-state index in [1.807, 2.05) is 19.9 Å². The zero-order chi connectivity index (χ0) is 17.6. The number of carbonyl (C=O) groups is 1. The molecule has 4 rings (SSSR count). The number of nitrogens with one attached hydrogen (secondary N) is 1. The second kappa shape index (κ2) is 6.24. The van der Waals surface area contributed by atoms with Crippen molar-refractivity contribution in [1.82, 2.24) is 20.2 Å². The van der Waals surface area contributed by atoms with Crippen LogP contribution in [0.15, 0.2) is 6.07 Å². The van der Waals surface area contributed by atoms with Crippen LogP contribution in [0.25, 0.3) is 0 Å². The van der Waals surface area contributed by atoms with Crippen LogP contribution in [0.1, 0.15) is 37.6 Å². The molecular formula is C19H29N5O. The Hall–Kier alpha value is -1.69. The van der Waals surface area contributed by atoms with Crippen molar-refractivity contribution in [2.45, 2.75) is 45.6 Å². The summed E-state index contributed by atoms with van der Waals surface area (Å²) in [5.74, 6) is 1.77. The van der Waals surface area contributed by atoms with Crippen LogP contribution in [0.2, 0.25) is 0 Å². The Morgan fingerprint density at radius 1 is 1.20 bits per heavy atom. The van der Waals surface area contributed by atoms with Crippen LogP contribution in [0, 0.1) is 25.7 Å². The van der Waals surface area contributed by atoms with Gasteiger partial charge in [-0.2, -0.15) is 0 Å². The third-order valence-electron chi connectivity index (χ3n) is 6.26. The molecule has 136 valence electrons. The second-order valence-electron chi connectivity index (χ2n) is 8.06. The lowest BCUT2D eigenvalue weighted by Crippen LogP contribution is -2.55. The normalized spacial score (nSPS) is 28.4. The zero-order valence-corrected chi connectivity index (χ0v) is 15.6. The number of nitrogens with zero attached hydrogens (tertiary/aromatic N) is 4. The van der Waals surface area contributed by atoms with Crippen molar-refractivity contribution in [3.8, 4) is 0 Å². The van der Waals surface area contributed by atoms with Crippen molar-refractivity contribution in [3.05, 3.63) is 17.5 Å². The summed E-state index contributed by atoms with van der Waals surface area (Å²) in [7, 11) is 0. The summed E-state index contributed by atoms with van der Waals surface area (Å²) in [5.41, 5.74) is 2.02. The van der Waals surface area contributed by atoms with E-state index in [2.05, 4.69) is 32.0 Å². The van der Waals surface area contributed by atoms with Gasteiger partial charge in [-0.05, 0) is 45.7 Å². The van der Waals surface area contributed by atoms with Gasteiger partial charge in [0, 0.05) is 49.0 Å². The number of carbonyl (C=O) groups excluding carboxylic acids is 1. The molecule has 25 heavy (non-hydrogen) atoms. The van der Waals surface area contributed by atoms with Crippen LogP contribution in [-0.2, 0) is 4.79 Å². The highest BCUT2D eigenvalue weighted by atomic mass is 16.2. The van der Waals surface area contributed by atoms with Crippen LogP contribution < -0.4 is 10.2 Å². The molecule has 1 aromatic heterocycles. The van der Waals surface area contributed by atoms with Crippen LogP contribution in [0.5, 0.6) is 0 Å². The fourth-order valence-corrected chi connectivity index (χ4v) is 5.09. The molecule has 3 saturated heterocycles. The molecule has 0 radical (unpaired) electrons. The van der Waals surface area contributed by atoms with Crippen LogP contribution >= 0.6 is 0 Å². The van der Waals surface area contributed by atoms with Gasteiger partial charge >= 0.3 is 0 Å². The lowest BCUT2D eigenvalue weighted by molar-refractivity contribution is -0.123. The molecule has 1 amide bonds. The van der Waals surface area contributed by atoms with Gasteiger partial charge in [0.2, 0.25) is 11.9 Å². The maximum absolute atomic E-state index is 12.5. The van der Waals surface area contributed by atoms with E-state index in [-0.39, 0.29) is 17.4 Å². The third kappa shape index (κ3) is 2.90. The fraction of sp³-hybridized carbons (Fsp3) is 0.737. The number of likely N-dealkylation sites (tertiary alicyclic amines) is 1. The van der Waals surface area contributed by atoms with Crippen molar-refractivity contribution >= 4 is 11.9 Å². The smallest absolute Gasteiger partial charge is 0.225 e. The van der Waals surface area contributed by atoms with E-state index in [9.17, 15) is 4.79 Å². The topological polar surface area (TPSA) is 61.4 Å². The Balaban J connectivity index is 1.48. The Morgan fingerprint density at radius 3 is 2.52 bits per heavy atom. The summed E-state index contributed by atoms with van der Waals surface area (Å²) in [6.45, 7) is 11.2. The highest BCUT2D eigenvalue weighted by molar-refractivity contribution is 5.83. The number of piperidine rings is 1.